The zero-order chi connectivity index (χ0) is 13.5. The number of hydrogen-bond donors (Lipinski definition) is 1. The van der Waals surface area contributed by atoms with Crippen LogP contribution in [0, 0.1) is 5.41 Å². The largest absolute Gasteiger partial charge is 0.340 e. The van der Waals surface area contributed by atoms with E-state index in [1.807, 2.05) is 22.7 Å². The molecule has 0 bridgehead atoms. The smallest absolute Gasteiger partial charge is 0.227 e. The van der Waals surface area contributed by atoms with E-state index in [9.17, 15) is 4.79 Å². The van der Waals surface area contributed by atoms with Gasteiger partial charge in [0, 0.05) is 37.3 Å². The highest BCUT2D eigenvalue weighted by atomic mass is 16.2. The van der Waals surface area contributed by atoms with Gasteiger partial charge in [0.2, 0.25) is 5.91 Å². The van der Waals surface area contributed by atoms with Crippen molar-refractivity contribution in [3.63, 3.8) is 0 Å². The van der Waals surface area contributed by atoms with Crippen molar-refractivity contribution in [2.24, 2.45) is 11.1 Å². The third-order valence-corrected chi connectivity index (χ3v) is 4.78. The number of likely N-dealkylation sites (tertiary alicyclic amines) is 1. The molecule has 2 N–H and O–H groups in total. The van der Waals surface area contributed by atoms with Gasteiger partial charge in [0.25, 0.3) is 0 Å². The van der Waals surface area contributed by atoms with Gasteiger partial charge in [0.05, 0.1) is 12.6 Å². The first-order valence-electron chi connectivity index (χ1n) is 7.18. The number of hydrogen-bond acceptors (Lipinski definition) is 3. The molecule has 5 nitrogen and oxygen atoms in total. The maximum Gasteiger partial charge on any atom is 0.227 e. The Morgan fingerprint density at radius 2 is 2.37 bits per heavy atom. The quantitative estimate of drug-likeness (QED) is 0.875. The van der Waals surface area contributed by atoms with Gasteiger partial charge in [0.1, 0.15) is 0 Å². The number of carbonyl (C=O) groups excluding carboxylic acids is 1. The van der Waals surface area contributed by atoms with Crippen LogP contribution in [0.15, 0.2) is 12.4 Å². The minimum Gasteiger partial charge on any atom is -0.340 e. The second-order valence-corrected chi connectivity index (χ2v) is 5.98. The monoisotopic (exact) mass is 262 g/mol. The Bertz CT molecular complexity index is 478. The van der Waals surface area contributed by atoms with Crippen molar-refractivity contribution < 1.29 is 4.79 Å². The number of nitrogens with two attached hydrogens (primary N) is 1. The van der Waals surface area contributed by atoms with Crippen LogP contribution in [-0.4, -0.2) is 39.7 Å². The van der Waals surface area contributed by atoms with Crippen LogP contribution in [0.3, 0.4) is 0 Å². The lowest BCUT2D eigenvalue weighted by molar-refractivity contribution is -0.130. The van der Waals surface area contributed by atoms with Crippen LogP contribution in [0.25, 0.3) is 0 Å². The molecule has 1 amide bonds. The van der Waals surface area contributed by atoms with Crippen LogP contribution in [0.2, 0.25) is 0 Å². The van der Waals surface area contributed by atoms with Crippen molar-refractivity contribution in [2.45, 2.75) is 45.2 Å². The van der Waals surface area contributed by atoms with E-state index in [2.05, 4.69) is 5.10 Å². The Morgan fingerprint density at radius 3 is 2.89 bits per heavy atom. The Labute approximate surface area is 113 Å². The molecule has 0 radical (unpaired) electrons. The molecule has 1 saturated heterocycles. The highest BCUT2D eigenvalue weighted by Crippen LogP contribution is 2.47. The molecule has 1 saturated carbocycles. The van der Waals surface area contributed by atoms with Gasteiger partial charge in [-0.15, -0.1) is 0 Å². The van der Waals surface area contributed by atoms with Gasteiger partial charge in [-0.3, -0.25) is 9.48 Å². The fourth-order valence-corrected chi connectivity index (χ4v) is 3.30. The minimum atomic E-state index is 0.170. The van der Waals surface area contributed by atoms with E-state index in [4.69, 9.17) is 5.73 Å². The van der Waals surface area contributed by atoms with Crippen molar-refractivity contribution in [1.29, 1.82) is 0 Å². The van der Waals surface area contributed by atoms with Gasteiger partial charge in [-0.1, -0.05) is 6.42 Å². The van der Waals surface area contributed by atoms with Crippen molar-refractivity contribution in [2.75, 3.05) is 13.1 Å². The van der Waals surface area contributed by atoms with Gasteiger partial charge >= 0.3 is 0 Å². The highest BCUT2D eigenvalue weighted by molar-refractivity contribution is 5.79. The first-order chi connectivity index (χ1) is 9.13. The molecular weight excluding hydrogens is 240 g/mol. The zero-order valence-corrected chi connectivity index (χ0v) is 11.5. The van der Waals surface area contributed by atoms with Gasteiger partial charge < -0.3 is 10.6 Å². The van der Waals surface area contributed by atoms with Gasteiger partial charge in [-0.25, -0.2) is 0 Å². The number of aryl methyl sites for hydroxylation is 1. The molecular formula is C14H22N4O. The molecule has 1 aliphatic carbocycles. The Balaban J connectivity index is 1.62. The number of nitrogens with zero attached hydrogens (tertiary/aromatic N) is 3. The van der Waals surface area contributed by atoms with Gasteiger partial charge in [0.15, 0.2) is 0 Å². The maximum absolute atomic E-state index is 12.3. The summed E-state index contributed by atoms with van der Waals surface area (Å²) in [6.07, 6.45) is 7.82. The fraction of sp³-hybridized carbons (Fsp3) is 0.714. The predicted octanol–water partition coefficient (Wildman–Crippen LogP) is 0.785. The van der Waals surface area contributed by atoms with E-state index >= 15 is 0 Å². The molecule has 19 heavy (non-hydrogen) atoms. The first kappa shape index (κ1) is 12.7. The summed E-state index contributed by atoms with van der Waals surface area (Å²) < 4.78 is 1.85. The summed E-state index contributed by atoms with van der Waals surface area (Å²) in [5.74, 6) is 0.190. The van der Waals surface area contributed by atoms with Crippen LogP contribution in [0.4, 0.5) is 0 Å². The average Bonchev–Trinajstić information content (AvgIpc) is 2.92. The molecule has 1 aromatic rings. The number of rotatable bonds is 3. The van der Waals surface area contributed by atoms with E-state index in [0.717, 1.165) is 25.2 Å². The summed E-state index contributed by atoms with van der Waals surface area (Å²) in [6, 6.07) is 0.170. The number of amides is 1. The molecule has 3 rings (SSSR count). The molecule has 1 unspecified atom stereocenters. The topological polar surface area (TPSA) is 64.2 Å². The Kier molecular flexibility index (Phi) is 3.09. The van der Waals surface area contributed by atoms with Crippen molar-refractivity contribution in [3.05, 3.63) is 18.0 Å². The van der Waals surface area contributed by atoms with Crippen LogP contribution >= 0.6 is 0 Å². The molecule has 0 aromatic carbocycles. The van der Waals surface area contributed by atoms with Crippen LogP contribution in [0.5, 0.6) is 0 Å². The predicted molar refractivity (Wildman–Crippen MR) is 72.4 cm³/mol. The normalized spacial score (nSPS) is 24.7. The van der Waals surface area contributed by atoms with Crippen molar-refractivity contribution in [1.82, 2.24) is 14.7 Å². The summed E-state index contributed by atoms with van der Waals surface area (Å²) in [5, 5.41) is 4.21. The zero-order valence-electron chi connectivity index (χ0n) is 11.5. The van der Waals surface area contributed by atoms with E-state index in [-0.39, 0.29) is 17.4 Å². The molecule has 2 fully saturated rings. The summed E-state index contributed by atoms with van der Waals surface area (Å²) in [6.45, 7) is 4.46. The number of aromatic nitrogens is 2. The van der Waals surface area contributed by atoms with E-state index < -0.39 is 0 Å². The third kappa shape index (κ3) is 2.16. The lowest BCUT2D eigenvalue weighted by Gasteiger charge is -2.41. The Hall–Kier alpha value is -1.36. The maximum atomic E-state index is 12.3. The molecule has 1 spiro atoms. The highest BCUT2D eigenvalue weighted by Gasteiger charge is 2.49. The lowest BCUT2D eigenvalue weighted by atomic mass is 9.66. The van der Waals surface area contributed by atoms with Crippen LogP contribution in [0.1, 0.15) is 31.7 Å². The third-order valence-electron chi connectivity index (χ3n) is 4.78. The minimum absolute atomic E-state index is 0.170. The standard InChI is InChI=1S/C14H22N4O/c1-2-18-8-11(7-16-18)6-13(19)17-9-12(15)14(10-17)4-3-5-14/h7-8,12H,2-6,9-10,15H2,1H3. The molecule has 1 aliphatic heterocycles. The average molecular weight is 262 g/mol. The fourth-order valence-electron chi connectivity index (χ4n) is 3.30. The van der Waals surface area contributed by atoms with E-state index in [1.165, 1.54) is 19.3 Å². The van der Waals surface area contributed by atoms with Crippen molar-refractivity contribution >= 4 is 5.91 Å². The number of carbonyl (C=O) groups is 1. The second-order valence-electron chi connectivity index (χ2n) is 5.98. The van der Waals surface area contributed by atoms with Gasteiger partial charge in [-0.05, 0) is 25.3 Å². The van der Waals surface area contributed by atoms with E-state index in [0.29, 0.717) is 6.42 Å². The lowest BCUT2D eigenvalue weighted by Crippen LogP contribution is -2.45. The Morgan fingerprint density at radius 1 is 1.58 bits per heavy atom. The summed E-state index contributed by atoms with van der Waals surface area (Å²) >= 11 is 0. The molecule has 2 heterocycles. The summed E-state index contributed by atoms with van der Waals surface area (Å²) in [5.41, 5.74) is 7.45. The molecule has 1 atom stereocenters. The molecule has 5 heteroatoms. The van der Waals surface area contributed by atoms with Crippen LogP contribution in [-0.2, 0) is 17.8 Å². The summed E-state index contributed by atoms with van der Waals surface area (Å²) in [4.78, 5) is 14.3. The van der Waals surface area contributed by atoms with E-state index in [1.54, 1.807) is 6.20 Å². The van der Waals surface area contributed by atoms with Crippen LogP contribution < -0.4 is 5.73 Å². The first-order valence-corrected chi connectivity index (χ1v) is 7.18. The molecule has 104 valence electrons. The molecule has 1 aromatic heterocycles. The van der Waals surface area contributed by atoms with Crippen molar-refractivity contribution in [3.8, 4) is 0 Å². The second kappa shape index (κ2) is 4.63. The van der Waals surface area contributed by atoms with Gasteiger partial charge in [-0.2, -0.15) is 5.10 Å². The summed E-state index contributed by atoms with van der Waals surface area (Å²) in [7, 11) is 0. The molecule has 2 aliphatic rings. The SMILES string of the molecule is CCn1cc(CC(=O)N2CC(N)C3(CCC3)C2)cn1.